The van der Waals surface area contributed by atoms with Gasteiger partial charge in [0.1, 0.15) is 4.58 Å². The molecule has 0 rings (SSSR count). The molecular weight excluding hydrogens is 184 g/mol. The molecule has 3 nitrogen and oxygen atoms in total. The van der Waals surface area contributed by atoms with Crippen molar-refractivity contribution in [1.82, 2.24) is 0 Å². The third-order valence-electron chi connectivity index (χ3n) is 1.01. The summed E-state index contributed by atoms with van der Waals surface area (Å²) >= 11 is 7.52. The van der Waals surface area contributed by atoms with E-state index >= 15 is 0 Å². The Labute approximate surface area is 76.9 Å². The molecule has 11 heavy (non-hydrogen) atoms. The molecule has 0 atom stereocenters. The summed E-state index contributed by atoms with van der Waals surface area (Å²) in [5, 5.41) is 8.37. The SMILES string of the molecule is O=C(OCCCCO)C(S)S. The minimum atomic E-state index is -0.663. The fraction of sp³-hybridized carbons (Fsp3) is 0.833. The van der Waals surface area contributed by atoms with Gasteiger partial charge in [0, 0.05) is 6.61 Å². The Bertz CT molecular complexity index is 116. The summed E-state index contributed by atoms with van der Waals surface area (Å²) in [5.74, 6) is -0.436. The van der Waals surface area contributed by atoms with Crippen LogP contribution in [0.5, 0.6) is 0 Å². The fourth-order valence-electron chi connectivity index (χ4n) is 0.461. The van der Waals surface area contributed by atoms with E-state index < -0.39 is 10.6 Å². The summed E-state index contributed by atoms with van der Waals surface area (Å²) in [6, 6.07) is 0. The smallest absolute Gasteiger partial charge is 0.328 e. The van der Waals surface area contributed by atoms with Gasteiger partial charge in [0.15, 0.2) is 0 Å². The predicted octanol–water partition coefficient (Wildman–Crippen LogP) is 0.488. The number of aliphatic hydroxyl groups is 1. The number of rotatable bonds is 5. The number of carbonyl (C=O) groups is 1. The van der Waals surface area contributed by atoms with E-state index in [1.807, 2.05) is 0 Å². The molecule has 0 aromatic rings. The van der Waals surface area contributed by atoms with Crippen molar-refractivity contribution < 1.29 is 14.6 Å². The number of aliphatic hydroxyl groups excluding tert-OH is 1. The summed E-state index contributed by atoms with van der Waals surface area (Å²) < 4.78 is 4.04. The second-order valence-electron chi connectivity index (χ2n) is 1.97. The quantitative estimate of drug-likeness (QED) is 0.259. The van der Waals surface area contributed by atoms with Crippen molar-refractivity contribution in [2.24, 2.45) is 0 Å². The van der Waals surface area contributed by atoms with Crippen LogP contribution < -0.4 is 0 Å². The number of hydrogen-bond donors (Lipinski definition) is 3. The molecule has 5 heteroatoms. The predicted molar refractivity (Wildman–Crippen MR) is 49.0 cm³/mol. The van der Waals surface area contributed by atoms with Gasteiger partial charge in [0.2, 0.25) is 0 Å². The Morgan fingerprint density at radius 3 is 2.55 bits per heavy atom. The van der Waals surface area contributed by atoms with Crippen molar-refractivity contribution in [2.75, 3.05) is 13.2 Å². The van der Waals surface area contributed by atoms with Crippen LogP contribution in [-0.2, 0) is 9.53 Å². The highest BCUT2D eigenvalue weighted by Gasteiger charge is 2.08. The van der Waals surface area contributed by atoms with Crippen LogP contribution in [0.1, 0.15) is 12.8 Å². The molecule has 0 bridgehead atoms. The lowest BCUT2D eigenvalue weighted by atomic mass is 10.3. The van der Waals surface area contributed by atoms with E-state index in [1.165, 1.54) is 0 Å². The van der Waals surface area contributed by atoms with Crippen molar-refractivity contribution in [3.05, 3.63) is 0 Å². The van der Waals surface area contributed by atoms with E-state index in [-0.39, 0.29) is 6.61 Å². The van der Waals surface area contributed by atoms with E-state index in [1.54, 1.807) is 0 Å². The largest absolute Gasteiger partial charge is 0.464 e. The van der Waals surface area contributed by atoms with Crippen LogP contribution in [-0.4, -0.2) is 28.9 Å². The molecule has 0 saturated carbocycles. The molecule has 0 aromatic heterocycles. The Kier molecular flexibility index (Phi) is 6.90. The first-order valence-corrected chi connectivity index (χ1v) is 4.35. The Hall–Kier alpha value is 0.130. The van der Waals surface area contributed by atoms with Crippen LogP contribution in [0.15, 0.2) is 0 Å². The normalized spacial score (nSPS) is 10.2. The second kappa shape index (κ2) is 6.82. The third kappa shape index (κ3) is 6.52. The zero-order valence-electron chi connectivity index (χ0n) is 6.06. The average molecular weight is 196 g/mol. The number of carbonyl (C=O) groups excluding carboxylic acids is 1. The lowest BCUT2D eigenvalue weighted by Gasteiger charge is -2.04. The van der Waals surface area contributed by atoms with Crippen LogP contribution in [0.2, 0.25) is 0 Å². The van der Waals surface area contributed by atoms with E-state index in [0.29, 0.717) is 19.4 Å². The Morgan fingerprint density at radius 2 is 2.09 bits per heavy atom. The minimum absolute atomic E-state index is 0.128. The molecule has 66 valence electrons. The first kappa shape index (κ1) is 11.1. The van der Waals surface area contributed by atoms with Gasteiger partial charge >= 0.3 is 5.97 Å². The Balaban J connectivity index is 3.18. The molecule has 0 aliphatic carbocycles. The van der Waals surface area contributed by atoms with Gasteiger partial charge in [0.25, 0.3) is 0 Å². The topological polar surface area (TPSA) is 46.5 Å². The highest BCUT2D eigenvalue weighted by molar-refractivity contribution is 8.00. The standard InChI is InChI=1S/C6H12O3S2/c7-3-1-2-4-9-5(8)6(10)11/h6-7,10-11H,1-4H2. The molecule has 1 N–H and O–H groups in total. The van der Waals surface area contributed by atoms with Crippen molar-refractivity contribution in [3.63, 3.8) is 0 Å². The third-order valence-corrected chi connectivity index (χ3v) is 1.43. The van der Waals surface area contributed by atoms with Crippen LogP contribution in [0.4, 0.5) is 0 Å². The van der Waals surface area contributed by atoms with E-state index in [0.717, 1.165) is 0 Å². The maximum absolute atomic E-state index is 10.7. The maximum Gasteiger partial charge on any atom is 0.328 e. The highest BCUT2D eigenvalue weighted by Crippen LogP contribution is 2.02. The summed E-state index contributed by atoms with van der Waals surface area (Å²) in [6.07, 6.45) is 1.33. The van der Waals surface area contributed by atoms with Gasteiger partial charge in [-0.3, -0.25) is 0 Å². The number of unbranched alkanes of at least 4 members (excludes halogenated alkanes) is 1. The van der Waals surface area contributed by atoms with E-state index in [9.17, 15) is 4.79 Å². The van der Waals surface area contributed by atoms with Crippen LogP contribution in [0.25, 0.3) is 0 Å². The number of hydrogen-bond acceptors (Lipinski definition) is 5. The second-order valence-corrected chi connectivity index (χ2v) is 3.41. The lowest BCUT2D eigenvalue weighted by molar-refractivity contribution is -0.141. The molecular formula is C6H12O3S2. The summed E-state index contributed by atoms with van der Waals surface area (Å²) in [4.78, 5) is 10.7. The van der Waals surface area contributed by atoms with Gasteiger partial charge in [0.05, 0.1) is 6.61 Å². The highest BCUT2D eigenvalue weighted by atomic mass is 32.2. The fourth-order valence-corrected chi connectivity index (χ4v) is 0.610. The van der Waals surface area contributed by atoms with E-state index in [2.05, 4.69) is 25.3 Å². The molecule has 0 saturated heterocycles. The van der Waals surface area contributed by atoms with Gasteiger partial charge in [-0.05, 0) is 12.8 Å². The Morgan fingerprint density at radius 1 is 1.45 bits per heavy atom. The van der Waals surface area contributed by atoms with Crippen LogP contribution >= 0.6 is 25.3 Å². The van der Waals surface area contributed by atoms with Crippen molar-refractivity contribution in [3.8, 4) is 0 Å². The molecule has 0 aliphatic heterocycles. The van der Waals surface area contributed by atoms with Gasteiger partial charge in [-0.1, -0.05) is 0 Å². The molecule has 0 aliphatic rings. The number of thiol groups is 2. The minimum Gasteiger partial charge on any atom is -0.464 e. The number of esters is 1. The maximum atomic E-state index is 10.7. The zero-order chi connectivity index (χ0) is 8.69. The van der Waals surface area contributed by atoms with Gasteiger partial charge in [-0.15, -0.1) is 0 Å². The lowest BCUT2D eigenvalue weighted by Crippen LogP contribution is -2.13. The molecule has 0 amide bonds. The van der Waals surface area contributed by atoms with Crippen LogP contribution in [0, 0.1) is 0 Å². The van der Waals surface area contributed by atoms with Gasteiger partial charge in [-0.25, -0.2) is 4.79 Å². The van der Waals surface area contributed by atoms with Crippen LogP contribution in [0.3, 0.4) is 0 Å². The number of ether oxygens (including phenoxy) is 1. The summed E-state index contributed by atoms with van der Waals surface area (Å²) in [5.41, 5.74) is 0. The van der Waals surface area contributed by atoms with Crippen molar-refractivity contribution in [2.45, 2.75) is 17.4 Å². The van der Waals surface area contributed by atoms with Crippen molar-refractivity contribution >= 4 is 31.2 Å². The molecule has 0 unspecified atom stereocenters. The van der Waals surface area contributed by atoms with Gasteiger partial charge < -0.3 is 9.84 Å². The first-order valence-electron chi connectivity index (χ1n) is 3.32. The molecule has 0 radical (unpaired) electrons. The monoisotopic (exact) mass is 196 g/mol. The first-order chi connectivity index (χ1) is 5.18. The summed E-state index contributed by atoms with van der Waals surface area (Å²) in [6.45, 7) is 0.458. The van der Waals surface area contributed by atoms with E-state index in [4.69, 9.17) is 9.84 Å². The van der Waals surface area contributed by atoms with Gasteiger partial charge in [-0.2, -0.15) is 25.3 Å². The molecule has 0 fully saturated rings. The zero-order valence-corrected chi connectivity index (χ0v) is 7.85. The molecule has 0 heterocycles. The van der Waals surface area contributed by atoms with Crippen molar-refractivity contribution in [1.29, 1.82) is 0 Å². The molecule has 0 aromatic carbocycles. The average Bonchev–Trinajstić information content (AvgIpc) is 1.97. The summed E-state index contributed by atoms with van der Waals surface area (Å²) in [7, 11) is 0. The molecule has 0 spiro atoms.